The van der Waals surface area contributed by atoms with Gasteiger partial charge in [0.1, 0.15) is 0 Å². The molecule has 0 radical (unpaired) electrons. The monoisotopic (exact) mass is 510 g/mol. The molecule has 2 aromatic carbocycles. The van der Waals surface area contributed by atoms with Crippen molar-refractivity contribution in [3.8, 4) is 0 Å². The lowest BCUT2D eigenvalue weighted by atomic mass is 10.2. The van der Waals surface area contributed by atoms with E-state index in [0.717, 1.165) is 16.9 Å². The number of nitrogens with zero attached hydrogens (tertiary/aromatic N) is 4. The molecule has 0 aliphatic rings. The fraction of sp³-hybridized carbons (Fsp3) is 0.120. The summed E-state index contributed by atoms with van der Waals surface area (Å²) in [7, 11) is 0. The van der Waals surface area contributed by atoms with Crippen LogP contribution < -0.4 is 11.1 Å². The summed E-state index contributed by atoms with van der Waals surface area (Å²) in [6.07, 6.45) is 2.92. The fourth-order valence-corrected chi connectivity index (χ4v) is 2.87. The highest BCUT2D eigenvalue weighted by atomic mass is 35.5. The Hall–Kier alpha value is -4.57. The van der Waals surface area contributed by atoms with Crippen LogP contribution in [0.2, 0.25) is 5.15 Å². The van der Waals surface area contributed by atoms with E-state index in [1.54, 1.807) is 6.07 Å². The number of nitrogen functional groups attached to an aromatic ring is 1. The van der Waals surface area contributed by atoms with Crippen molar-refractivity contribution in [3.05, 3.63) is 122 Å². The molecule has 4 aromatic rings. The lowest BCUT2D eigenvalue weighted by Gasteiger charge is -2.06. The Morgan fingerprint density at radius 3 is 1.83 bits per heavy atom. The molecular weight excluding hydrogens is 484 g/mol. The van der Waals surface area contributed by atoms with E-state index in [1.165, 1.54) is 36.2 Å². The minimum Gasteiger partial charge on any atom is -0.399 e. The first-order valence-electron chi connectivity index (χ1n) is 10.2. The van der Waals surface area contributed by atoms with Gasteiger partial charge in [-0.1, -0.05) is 43.3 Å². The molecule has 3 N–H and O–H groups in total. The Bertz CT molecular complexity index is 1290. The molecule has 0 atom stereocenters. The van der Waals surface area contributed by atoms with Crippen LogP contribution in [0.15, 0.2) is 85.2 Å². The molecule has 0 unspecified atom stereocenters. The van der Waals surface area contributed by atoms with Crippen LogP contribution in [-0.4, -0.2) is 19.8 Å². The molecule has 0 aliphatic carbocycles. The van der Waals surface area contributed by atoms with Gasteiger partial charge in [-0.3, -0.25) is 20.2 Å². The van der Waals surface area contributed by atoms with Gasteiger partial charge >= 0.3 is 11.4 Å². The van der Waals surface area contributed by atoms with Crippen LogP contribution in [0, 0.1) is 34.1 Å². The van der Waals surface area contributed by atoms with Crippen molar-refractivity contribution in [2.75, 3.05) is 11.1 Å². The molecule has 2 heterocycles. The van der Waals surface area contributed by atoms with Crippen LogP contribution in [0.25, 0.3) is 0 Å². The standard InChI is InChI=1S/C12H11N3O2.C7H9N.C5H3ClN2O2.CH4/c1-9-4-2-5-10(8-9)14-12-11(15(16)17)6-3-7-13-12;1-6-3-2-4-7(8)5-6;6-5-4(8(9)10)2-1-3-7-5;/h2-8H,1H3,(H,13,14);2-5H,8H2,1H3;1-3H;1H4. The molecule has 0 amide bonds. The highest BCUT2D eigenvalue weighted by Gasteiger charge is 2.13. The van der Waals surface area contributed by atoms with E-state index in [2.05, 4.69) is 15.3 Å². The predicted octanol–water partition coefficient (Wildman–Crippen LogP) is 6.90. The Kier molecular flexibility index (Phi) is 12.0. The zero-order chi connectivity index (χ0) is 25.8. The summed E-state index contributed by atoms with van der Waals surface area (Å²) < 4.78 is 0. The lowest BCUT2D eigenvalue weighted by molar-refractivity contribution is -0.385. The molecular formula is C25H27ClN6O4. The van der Waals surface area contributed by atoms with Crippen molar-refractivity contribution >= 4 is 40.2 Å². The highest BCUT2D eigenvalue weighted by Crippen LogP contribution is 2.24. The number of pyridine rings is 2. The van der Waals surface area contributed by atoms with Crippen LogP contribution in [0.4, 0.5) is 28.6 Å². The topological polar surface area (TPSA) is 150 Å². The number of nitrogens with one attached hydrogen (secondary N) is 1. The normalized spacial score (nSPS) is 9.31. The Labute approximate surface area is 214 Å². The summed E-state index contributed by atoms with van der Waals surface area (Å²) in [5.41, 5.74) is 9.17. The Balaban J connectivity index is 0.000000291. The third-order valence-corrected chi connectivity index (χ3v) is 4.53. The largest absolute Gasteiger partial charge is 0.399 e. The first-order chi connectivity index (χ1) is 16.7. The maximum Gasteiger partial charge on any atom is 0.311 e. The van der Waals surface area contributed by atoms with Gasteiger partial charge in [0.25, 0.3) is 0 Å². The molecule has 11 heteroatoms. The summed E-state index contributed by atoms with van der Waals surface area (Å²) in [5, 5.41) is 23.8. The van der Waals surface area contributed by atoms with Gasteiger partial charge in [0.2, 0.25) is 11.0 Å². The Morgan fingerprint density at radius 2 is 1.36 bits per heavy atom. The quantitative estimate of drug-likeness (QED) is 0.130. The maximum atomic E-state index is 10.8. The zero-order valence-corrected chi connectivity index (χ0v) is 19.7. The third-order valence-electron chi connectivity index (χ3n) is 4.24. The third kappa shape index (κ3) is 9.74. The summed E-state index contributed by atoms with van der Waals surface area (Å²) in [6.45, 7) is 3.98. The molecule has 188 valence electrons. The summed E-state index contributed by atoms with van der Waals surface area (Å²) in [5.74, 6) is 0.253. The van der Waals surface area contributed by atoms with Crippen LogP contribution in [0.1, 0.15) is 18.6 Å². The summed E-state index contributed by atoms with van der Waals surface area (Å²) >= 11 is 5.37. The minimum absolute atomic E-state index is 0. The van der Waals surface area contributed by atoms with Crippen LogP contribution >= 0.6 is 11.6 Å². The van der Waals surface area contributed by atoms with E-state index in [9.17, 15) is 20.2 Å². The van der Waals surface area contributed by atoms with E-state index in [-0.39, 0.29) is 29.8 Å². The van der Waals surface area contributed by atoms with Crippen molar-refractivity contribution in [1.82, 2.24) is 9.97 Å². The number of aromatic nitrogens is 2. The average molecular weight is 511 g/mol. The number of anilines is 3. The van der Waals surface area contributed by atoms with Gasteiger partial charge in [0.15, 0.2) is 0 Å². The SMILES string of the molecule is C.Cc1cccc(N)c1.Cc1cccc(Nc2ncccc2[N+](=O)[O-])c1.O=[N+]([O-])c1cccnc1Cl. The molecule has 0 spiro atoms. The van der Waals surface area contributed by atoms with Crippen molar-refractivity contribution in [2.24, 2.45) is 0 Å². The number of aryl methyl sites for hydroxylation is 2. The molecule has 0 bridgehead atoms. The first kappa shape index (κ1) is 29.5. The van der Waals surface area contributed by atoms with Gasteiger partial charge in [-0.2, -0.15) is 0 Å². The predicted molar refractivity (Wildman–Crippen MR) is 144 cm³/mol. The maximum absolute atomic E-state index is 10.8. The first-order valence-corrected chi connectivity index (χ1v) is 10.6. The number of nitrogens with two attached hydrogens (primary N) is 1. The lowest BCUT2D eigenvalue weighted by Crippen LogP contribution is -1.99. The van der Waals surface area contributed by atoms with Crippen LogP contribution in [0.5, 0.6) is 0 Å². The summed E-state index contributed by atoms with van der Waals surface area (Å²) in [4.78, 5) is 27.4. The molecule has 36 heavy (non-hydrogen) atoms. The number of nitro groups is 2. The molecule has 0 aliphatic heterocycles. The van der Waals surface area contributed by atoms with Gasteiger partial charge < -0.3 is 11.1 Å². The molecule has 10 nitrogen and oxygen atoms in total. The van der Waals surface area contributed by atoms with Gasteiger partial charge in [0.05, 0.1) is 9.85 Å². The van der Waals surface area contributed by atoms with E-state index < -0.39 is 9.85 Å². The number of rotatable bonds is 4. The second-order valence-electron chi connectivity index (χ2n) is 7.11. The van der Waals surface area contributed by atoms with Gasteiger partial charge in [-0.05, 0) is 61.4 Å². The highest BCUT2D eigenvalue weighted by molar-refractivity contribution is 6.31. The van der Waals surface area contributed by atoms with Crippen LogP contribution in [0.3, 0.4) is 0 Å². The number of halogens is 1. The number of hydrogen-bond donors (Lipinski definition) is 2. The van der Waals surface area contributed by atoms with Gasteiger partial charge in [0, 0.05) is 35.9 Å². The van der Waals surface area contributed by atoms with Gasteiger partial charge in [-0.15, -0.1) is 0 Å². The van der Waals surface area contributed by atoms with Crippen molar-refractivity contribution in [1.29, 1.82) is 0 Å². The molecule has 0 saturated carbocycles. The average Bonchev–Trinajstić information content (AvgIpc) is 2.80. The smallest absolute Gasteiger partial charge is 0.311 e. The zero-order valence-electron chi connectivity index (χ0n) is 19.0. The Morgan fingerprint density at radius 1 is 0.806 bits per heavy atom. The second kappa shape index (κ2) is 14.6. The molecule has 4 rings (SSSR count). The van der Waals surface area contributed by atoms with E-state index in [0.29, 0.717) is 0 Å². The molecule has 0 saturated heterocycles. The number of benzene rings is 2. The molecule has 2 aromatic heterocycles. The fourth-order valence-electron chi connectivity index (χ4n) is 2.68. The van der Waals surface area contributed by atoms with Gasteiger partial charge in [-0.25, -0.2) is 9.97 Å². The number of hydrogen-bond acceptors (Lipinski definition) is 8. The van der Waals surface area contributed by atoms with E-state index in [4.69, 9.17) is 17.3 Å². The van der Waals surface area contributed by atoms with Crippen LogP contribution in [-0.2, 0) is 0 Å². The summed E-state index contributed by atoms with van der Waals surface area (Å²) in [6, 6.07) is 21.1. The second-order valence-corrected chi connectivity index (χ2v) is 7.47. The van der Waals surface area contributed by atoms with Crippen molar-refractivity contribution < 1.29 is 9.85 Å². The van der Waals surface area contributed by atoms with Crippen molar-refractivity contribution in [3.63, 3.8) is 0 Å². The van der Waals surface area contributed by atoms with Crippen molar-refractivity contribution in [2.45, 2.75) is 21.3 Å². The minimum atomic E-state index is -0.574. The van der Waals surface area contributed by atoms with E-state index >= 15 is 0 Å². The molecule has 0 fully saturated rings. The van der Waals surface area contributed by atoms with E-state index in [1.807, 2.05) is 62.4 Å².